The minimum absolute atomic E-state index is 0.180. The highest BCUT2D eigenvalue weighted by Crippen LogP contribution is 2.36. The van der Waals surface area contributed by atoms with Crippen molar-refractivity contribution in [1.29, 1.82) is 0 Å². The third-order valence-electron chi connectivity index (χ3n) is 4.29. The summed E-state index contributed by atoms with van der Waals surface area (Å²) in [4.78, 5) is 14.7. The van der Waals surface area contributed by atoms with Crippen LogP contribution in [0.1, 0.15) is 43.7 Å². The number of nitrogens with zero attached hydrogens (tertiary/aromatic N) is 1. The average Bonchev–Trinajstić information content (AvgIpc) is 3.08. The van der Waals surface area contributed by atoms with Crippen LogP contribution in [0, 0.1) is 5.92 Å². The molecular formula is C14H20N2OS. The zero-order chi connectivity index (χ0) is 12.5. The number of amides is 1. The number of carbonyl (C=O) groups is 1. The van der Waals surface area contributed by atoms with Crippen LogP contribution in [-0.2, 0) is 4.79 Å². The molecule has 98 valence electrons. The normalized spacial score (nSPS) is 32.1. The van der Waals surface area contributed by atoms with Crippen LogP contribution < -0.4 is 5.73 Å². The molecule has 2 heterocycles. The monoisotopic (exact) mass is 264 g/mol. The Kier molecular flexibility index (Phi) is 3.39. The van der Waals surface area contributed by atoms with Gasteiger partial charge in [-0.25, -0.2) is 0 Å². The van der Waals surface area contributed by atoms with Crippen molar-refractivity contribution in [2.24, 2.45) is 11.7 Å². The number of rotatable bonds is 2. The number of thiophene rings is 1. The summed E-state index contributed by atoms with van der Waals surface area (Å²) >= 11 is 1.71. The van der Waals surface area contributed by atoms with Crippen LogP contribution in [-0.4, -0.2) is 23.4 Å². The van der Waals surface area contributed by atoms with Gasteiger partial charge in [0.1, 0.15) is 0 Å². The van der Waals surface area contributed by atoms with Crippen molar-refractivity contribution in [3.05, 3.63) is 22.4 Å². The number of hydrogen-bond donors (Lipinski definition) is 1. The van der Waals surface area contributed by atoms with Crippen LogP contribution in [0.2, 0.25) is 0 Å². The molecule has 2 fully saturated rings. The number of nitrogens with two attached hydrogens (primary N) is 1. The molecule has 1 aromatic rings. The van der Waals surface area contributed by atoms with Gasteiger partial charge >= 0.3 is 0 Å². The lowest BCUT2D eigenvalue weighted by Crippen LogP contribution is -2.35. The van der Waals surface area contributed by atoms with E-state index in [-0.39, 0.29) is 12.0 Å². The van der Waals surface area contributed by atoms with Crippen molar-refractivity contribution in [2.75, 3.05) is 6.54 Å². The minimum Gasteiger partial charge on any atom is -0.335 e. The molecule has 3 atom stereocenters. The topological polar surface area (TPSA) is 46.3 Å². The number of carbonyl (C=O) groups excluding carboxylic acids is 1. The van der Waals surface area contributed by atoms with E-state index in [0.717, 1.165) is 38.6 Å². The van der Waals surface area contributed by atoms with Crippen LogP contribution in [0.25, 0.3) is 0 Å². The van der Waals surface area contributed by atoms with E-state index in [9.17, 15) is 4.79 Å². The van der Waals surface area contributed by atoms with Crippen molar-refractivity contribution in [3.63, 3.8) is 0 Å². The summed E-state index contributed by atoms with van der Waals surface area (Å²) in [6.07, 6.45) is 5.11. The maximum Gasteiger partial charge on any atom is 0.226 e. The SMILES string of the molecule is NC1CCC(C(=O)N2CCCC2c2ccsc2)C1. The first-order chi connectivity index (χ1) is 8.75. The third-order valence-corrected chi connectivity index (χ3v) is 4.99. The van der Waals surface area contributed by atoms with E-state index in [4.69, 9.17) is 5.73 Å². The van der Waals surface area contributed by atoms with Crippen molar-refractivity contribution in [1.82, 2.24) is 4.90 Å². The first-order valence-electron chi connectivity index (χ1n) is 6.84. The van der Waals surface area contributed by atoms with E-state index >= 15 is 0 Å². The molecule has 1 aliphatic carbocycles. The van der Waals surface area contributed by atoms with Gasteiger partial charge in [0, 0.05) is 18.5 Å². The highest BCUT2D eigenvalue weighted by molar-refractivity contribution is 7.07. The zero-order valence-corrected chi connectivity index (χ0v) is 11.4. The summed E-state index contributed by atoms with van der Waals surface area (Å²) in [6, 6.07) is 2.71. The molecule has 1 aliphatic heterocycles. The lowest BCUT2D eigenvalue weighted by atomic mass is 10.0. The Labute approximate surface area is 112 Å². The van der Waals surface area contributed by atoms with E-state index in [1.54, 1.807) is 11.3 Å². The molecule has 0 radical (unpaired) electrons. The Hall–Kier alpha value is -0.870. The largest absolute Gasteiger partial charge is 0.335 e. The van der Waals surface area contributed by atoms with Crippen LogP contribution in [0.4, 0.5) is 0 Å². The standard InChI is InChI=1S/C14H20N2OS/c15-12-4-3-10(8-12)14(17)16-6-1-2-13(16)11-5-7-18-9-11/h5,7,9-10,12-13H,1-4,6,8,15H2. The number of likely N-dealkylation sites (tertiary alicyclic amines) is 1. The van der Waals surface area contributed by atoms with Gasteiger partial charge in [-0.05, 0) is 54.5 Å². The fourth-order valence-electron chi connectivity index (χ4n) is 3.32. The van der Waals surface area contributed by atoms with Gasteiger partial charge in [-0.3, -0.25) is 4.79 Å². The molecule has 0 bridgehead atoms. The molecule has 1 saturated carbocycles. The molecule has 3 unspecified atom stereocenters. The molecule has 1 amide bonds. The fraction of sp³-hybridized carbons (Fsp3) is 0.643. The van der Waals surface area contributed by atoms with E-state index in [1.807, 2.05) is 0 Å². The lowest BCUT2D eigenvalue weighted by Gasteiger charge is -2.27. The van der Waals surface area contributed by atoms with Crippen molar-refractivity contribution < 1.29 is 4.79 Å². The predicted molar refractivity (Wildman–Crippen MR) is 73.3 cm³/mol. The second-order valence-corrected chi connectivity index (χ2v) is 6.30. The minimum atomic E-state index is 0.180. The molecule has 3 nitrogen and oxygen atoms in total. The molecule has 1 aromatic heterocycles. The molecule has 4 heteroatoms. The number of hydrogen-bond acceptors (Lipinski definition) is 3. The predicted octanol–water partition coefficient (Wildman–Crippen LogP) is 2.54. The second kappa shape index (κ2) is 5.02. The maximum atomic E-state index is 12.6. The second-order valence-electron chi connectivity index (χ2n) is 5.52. The molecule has 0 aromatic carbocycles. The molecule has 2 aliphatic rings. The van der Waals surface area contributed by atoms with Crippen molar-refractivity contribution >= 4 is 17.2 Å². The van der Waals surface area contributed by atoms with Gasteiger partial charge in [-0.1, -0.05) is 0 Å². The molecule has 0 spiro atoms. The molecule has 3 rings (SSSR count). The van der Waals surface area contributed by atoms with Gasteiger partial charge in [0.25, 0.3) is 0 Å². The van der Waals surface area contributed by atoms with Gasteiger partial charge in [0.15, 0.2) is 0 Å². The van der Waals surface area contributed by atoms with Crippen LogP contribution in [0.3, 0.4) is 0 Å². The maximum absolute atomic E-state index is 12.6. The smallest absolute Gasteiger partial charge is 0.226 e. The Morgan fingerprint density at radius 2 is 2.28 bits per heavy atom. The van der Waals surface area contributed by atoms with Gasteiger partial charge in [0.05, 0.1) is 6.04 Å². The summed E-state index contributed by atoms with van der Waals surface area (Å²) < 4.78 is 0. The van der Waals surface area contributed by atoms with Crippen molar-refractivity contribution in [3.8, 4) is 0 Å². The quantitative estimate of drug-likeness (QED) is 0.892. The highest BCUT2D eigenvalue weighted by Gasteiger charge is 2.36. The van der Waals surface area contributed by atoms with Crippen LogP contribution in [0.15, 0.2) is 16.8 Å². The summed E-state index contributed by atoms with van der Waals surface area (Å²) in [6.45, 7) is 0.922. The van der Waals surface area contributed by atoms with E-state index < -0.39 is 0 Å². The highest BCUT2D eigenvalue weighted by atomic mass is 32.1. The Morgan fingerprint density at radius 3 is 2.94 bits per heavy atom. The summed E-state index contributed by atoms with van der Waals surface area (Å²) in [5, 5.41) is 4.28. The van der Waals surface area contributed by atoms with Gasteiger partial charge in [-0.15, -0.1) is 0 Å². The molecule has 2 N–H and O–H groups in total. The Morgan fingerprint density at radius 1 is 1.39 bits per heavy atom. The third kappa shape index (κ3) is 2.19. The first kappa shape index (κ1) is 12.2. The van der Waals surface area contributed by atoms with Crippen LogP contribution in [0.5, 0.6) is 0 Å². The Bertz CT molecular complexity index is 417. The van der Waals surface area contributed by atoms with Gasteiger partial charge < -0.3 is 10.6 Å². The zero-order valence-electron chi connectivity index (χ0n) is 10.5. The van der Waals surface area contributed by atoms with E-state index in [2.05, 4.69) is 21.7 Å². The summed E-state index contributed by atoms with van der Waals surface area (Å²) in [5.74, 6) is 0.524. The van der Waals surface area contributed by atoms with Crippen LogP contribution >= 0.6 is 11.3 Å². The lowest BCUT2D eigenvalue weighted by molar-refractivity contribution is -0.136. The van der Waals surface area contributed by atoms with E-state index in [1.165, 1.54) is 5.56 Å². The fourth-order valence-corrected chi connectivity index (χ4v) is 4.02. The van der Waals surface area contributed by atoms with Gasteiger partial charge in [-0.2, -0.15) is 11.3 Å². The first-order valence-corrected chi connectivity index (χ1v) is 7.78. The summed E-state index contributed by atoms with van der Waals surface area (Å²) in [5.41, 5.74) is 7.23. The average molecular weight is 264 g/mol. The van der Waals surface area contributed by atoms with Gasteiger partial charge in [0.2, 0.25) is 5.91 Å². The Balaban J connectivity index is 1.73. The summed E-state index contributed by atoms with van der Waals surface area (Å²) in [7, 11) is 0. The van der Waals surface area contributed by atoms with Crippen molar-refractivity contribution in [2.45, 2.75) is 44.2 Å². The van der Waals surface area contributed by atoms with E-state index in [0.29, 0.717) is 11.9 Å². The molecular weight excluding hydrogens is 244 g/mol. The molecule has 1 saturated heterocycles. The molecule has 18 heavy (non-hydrogen) atoms.